The van der Waals surface area contributed by atoms with E-state index in [0.29, 0.717) is 0 Å². The molecule has 0 bridgehead atoms. The molecule has 24 heavy (non-hydrogen) atoms. The quantitative estimate of drug-likeness (QED) is 0.713. The molecular formula is C20H28N3S+. The normalized spacial score (nSPS) is 10.6. The SMILES string of the molecule is C[NH+](C)CCN(Cc1ccccc1)C(=S)NCCc1ccccc1. The fraction of sp³-hybridized carbons (Fsp3) is 0.350. The lowest BCUT2D eigenvalue weighted by Gasteiger charge is -2.26. The zero-order valence-corrected chi connectivity index (χ0v) is 15.5. The predicted molar refractivity (Wildman–Crippen MR) is 105 cm³/mol. The summed E-state index contributed by atoms with van der Waals surface area (Å²) in [5, 5.41) is 4.27. The molecule has 3 nitrogen and oxygen atoms in total. The third-order valence-corrected chi connectivity index (χ3v) is 4.32. The molecule has 0 atom stereocenters. The van der Waals surface area contributed by atoms with Crippen LogP contribution < -0.4 is 10.2 Å². The first-order chi connectivity index (χ1) is 11.6. The van der Waals surface area contributed by atoms with Crippen LogP contribution in [-0.2, 0) is 13.0 Å². The van der Waals surface area contributed by atoms with E-state index >= 15 is 0 Å². The van der Waals surface area contributed by atoms with Gasteiger partial charge in [-0.25, -0.2) is 0 Å². The van der Waals surface area contributed by atoms with E-state index in [1.165, 1.54) is 16.0 Å². The molecule has 0 saturated heterocycles. The van der Waals surface area contributed by atoms with E-state index in [1.54, 1.807) is 0 Å². The molecule has 0 aliphatic carbocycles. The molecule has 0 amide bonds. The minimum atomic E-state index is 0.844. The van der Waals surface area contributed by atoms with Gasteiger partial charge in [-0.1, -0.05) is 60.7 Å². The molecule has 0 unspecified atom stereocenters. The molecule has 2 aromatic rings. The van der Waals surface area contributed by atoms with Gasteiger partial charge in [0, 0.05) is 13.1 Å². The van der Waals surface area contributed by atoms with Crippen molar-refractivity contribution in [3.8, 4) is 0 Å². The van der Waals surface area contributed by atoms with Crippen LogP contribution in [0, 0.1) is 0 Å². The van der Waals surface area contributed by atoms with E-state index in [-0.39, 0.29) is 0 Å². The number of likely N-dealkylation sites (N-methyl/N-ethyl adjacent to an activating group) is 1. The maximum absolute atomic E-state index is 5.65. The maximum atomic E-state index is 5.65. The van der Waals surface area contributed by atoms with Crippen molar-refractivity contribution in [1.82, 2.24) is 10.2 Å². The number of nitrogens with one attached hydrogen (secondary N) is 2. The van der Waals surface area contributed by atoms with Gasteiger partial charge in [0.05, 0.1) is 27.2 Å². The lowest BCUT2D eigenvalue weighted by Crippen LogP contribution is -3.06. The number of benzene rings is 2. The highest BCUT2D eigenvalue weighted by Gasteiger charge is 2.11. The summed E-state index contributed by atoms with van der Waals surface area (Å²) in [6.07, 6.45) is 0.985. The van der Waals surface area contributed by atoms with Gasteiger partial charge < -0.3 is 15.1 Å². The molecule has 0 saturated carbocycles. The summed E-state index contributed by atoms with van der Waals surface area (Å²) >= 11 is 5.65. The lowest BCUT2D eigenvalue weighted by molar-refractivity contribution is -0.857. The predicted octanol–water partition coefficient (Wildman–Crippen LogP) is 1.75. The number of nitrogens with zero attached hydrogens (tertiary/aromatic N) is 1. The average molecular weight is 343 g/mol. The van der Waals surface area contributed by atoms with Crippen molar-refractivity contribution in [2.45, 2.75) is 13.0 Å². The van der Waals surface area contributed by atoms with Crippen molar-refractivity contribution < 1.29 is 4.90 Å². The summed E-state index contributed by atoms with van der Waals surface area (Å²) < 4.78 is 0. The maximum Gasteiger partial charge on any atom is 0.169 e. The first-order valence-electron chi connectivity index (χ1n) is 8.55. The highest BCUT2D eigenvalue weighted by molar-refractivity contribution is 7.80. The number of rotatable bonds is 8. The van der Waals surface area contributed by atoms with Crippen molar-refractivity contribution in [3.05, 3.63) is 71.8 Å². The van der Waals surface area contributed by atoms with E-state index in [9.17, 15) is 0 Å². The third-order valence-electron chi connectivity index (χ3n) is 3.92. The summed E-state index contributed by atoms with van der Waals surface area (Å²) in [7, 11) is 4.35. The molecule has 0 aromatic heterocycles. The molecule has 0 radical (unpaired) electrons. The molecule has 128 valence electrons. The van der Waals surface area contributed by atoms with Crippen LogP contribution in [0.25, 0.3) is 0 Å². The summed E-state index contributed by atoms with van der Waals surface area (Å²) in [5.41, 5.74) is 2.62. The van der Waals surface area contributed by atoms with Crippen LogP contribution >= 0.6 is 12.2 Å². The van der Waals surface area contributed by atoms with E-state index in [0.717, 1.165) is 37.7 Å². The van der Waals surface area contributed by atoms with Crippen molar-refractivity contribution >= 4 is 17.3 Å². The summed E-state index contributed by atoms with van der Waals surface area (Å²) in [6, 6.07) is 21.0. The van der Waals surface area contributed by atoms with Crippen LogP contribution in [0.3, 0.4) is 0 Å². The fourth-order valence-electron chi connectivity index (χ4n) is 2.49. The Balaban J connectivity index is 1.88. The highest BCUT2D eigenvalue weighted by atomic mass is 32.1. The second-order valence-electron chi connectivity index (χ2n) is 6.33. The fourth-order valence-corrected chi connectivity index (χ4v) is 2.74. The molecule has 0 fully saturated rings. The topological polar surface area (TPSA) is 19.7 Å². The Morgan fingerprint density at radius 2 is 1.54 bits per heavy atom. The zero-order valence-electron chi connectivity index (χ0n) is 14.7. The smallest absolute Gasteiger partial charge is 0.169 e. The van der Waals surface area contributed by atoms with Gasteiger partial charge in [-0.05, 0) is 29.8 Å². The Bertz CT molecular complexity index is 599. The van der Waals surface area contributed by atoms with Gasteiger partial charge >= 0.3 is 0 Å². The van der Waals surface area contributed by atoms with Gasteiger partial charge in [0.2, 0.25) is 0 Å². The van der Waals surface area contributed by atoms with Crippen LogP contribution in [0.4, 0.5) is 0 Å². The number of hydrogen-bond donors (Lipinski definition) is 2. The van der Waals surface area contributed by atoms with Crippen LogP contribution in [0.1, 0.15) is 11.1 Å². The standard InChI is InChI=1S/C20H27N3S/c1-22(2)15-16-23(17-19-11-7-4-8-12-19)20(24)21-14-13-18-9-5-3-6-10-18/h3-12H,13-17H2,1-2H3,(H,21,24)/p+1. The van der Waals surface area contributed by atoms with Gasteiger partial charge in [0.1, 0.15) is 0 Å². The van der Waals surface area contributed by atoms with Crippen molar-refractivity contribution in [1.29, 1.82) is 0 Å². The van der Waals surface area contributed by atoms with Gasteiger partial charge in [-0.2, -0.15) is 0 Å². The van der Waals surface area contributed by atoms with Crippen LogP contribution in [0.2, 0.25) is 0 Å². The molecule has 0 aliphatic heterocycles. The minimum absolute atomic E-state index is 0.844. The molecular weight excluding hydrogens is 314 g/mol. The van der Waals surface area contributed by atoms with Crippen LogP contribution in [0.5, 0.6) is 0 Å². The second kappa shape index (κ2) is 10.1. The van der Waals surface area contributed by atoms with Crippen molar-refractivity contribution in [3.63, 3.8) is 0 Å². The van der Waals surface area contributed by atoms with E-state index in [2.05, 4.69) is 72.8 Å². The van der Waals surface area contributed by atoms with Gasteiger partial charge in [-0.15, -0.1) is 0 Å². The van der Waals surface area contributed by atoms with Crippen molar-refractivity contribution in [2.75, 3.05) is 33.7 Å². The third kappa shape index (κ3) is 6.69. The minimum Gasteiger partial charge on any atom is -0.362 e. The van der Waals surface area contributed by atoms with Crippen LogP contribution in [0.15, 0.2) is 60.7 Å². The molecule has 0 aliphatic rings. The first-order valence-corrected chi connectivity index (χ1v) is 8.95. The molecule has 0 heterocycles. The van der Waals surface area contributed by atoms with Gasteiger partial charge in [-0.3, -0.25) is 0 Å². The summed E-state index contributed by atoms with van der Waals surface area (Å²) in [5.74, 6) is 0. The zero-order chi connectivity index (χ0) is 17.2. The van der Waals surface area contributed by atoms with Crippen molar-refractivity contribution in [2.24, 2.45) is 0 Å². The summed E-state index contributed by atoms with van der Waals surface area (Å²) in [4.78, 5) is 3.70. The Morgan fingerprint density at radius 3 is 2.12 bits per heavy atom. The molecule has 0 spiro atoms. The lowest BCUT2D eigenvalue weighted by atomic mass is 10.1. The number of thiocarbonyl (C=S) groups is 1. The number of quaternary nitrogens is 1. The van der Waals surface area contributed by atoms with Gasteiger partial charge in [0.15, 0.2) is 5.11 Å². The molecule has 2 aromatic carbocycles. The summed E-state index contributed by atoms with van der Waals surface area (Å²) in [6.45, 7) is 3.73. The van der Waals surface area contributed by atoms with E-state index in [4.69, 9.17) is 12.2 Å². The monoisotopic (exact) mass is 342 g/mol. The van der Waals surface area contributed by atoms with E-state index in [1.807, 2.05) is 12.1 Å². The Hall–Kier alpha value is -1.91. The average Bonchev–Trinajstić information content (AvgIpc) is 2.60. The largest absolute Gasteiger partial charge is 0.362 e. The van der Waals surface area contributed by atoms with Gasteiger partial charge in [0.25, 0.3) is 0 Å². The highest BCUT2D eigenvalue weighted by Crippen LogP contribution is 2.05. The molecule has 4 heteroatoms. The Kier molecular flexibility index (Phi) is 7.72. The first kappa shape index (κ1) is 18.4. The van der Waals surface area contributed by atoms with Crippen LogP contribution in [-0.4, -0.2) is 43.7 Å². The molecule has 2 N–H and O–H groups in total. The van der Waals surface area contributed by atoms with E-state index < -0.39 is 0 Å². The molecule has 2 rings (SSSR count). The Morgan fingerprint density at radius 1 is 0.958 bits per heavy atom. The second-order valence-corrected chi connectivity index (χ2v) is 6.72. The number of hydrogen-bond acceptors (Lipinski definition) is 1. The Labute approximate surface area is 151 Å².